The number of anilines is 1. The molecule has 0 bridgehead atoms. The highest BCUT2D eigenvalue weighted by Crippen LogP contribution is 2.17. The van der Waals surface area contributed by atoms with Crippen molar-refractivity contribution in [2.45, 2.75) is 34.2 Å². The van der Waals surface area contributed by atoms with E-state index in [9.17, 15) is 9.59 Å². The predicted octanol–water partition coefficient (Wildman–Crippen LogP) is 4.26. The lowest BCUT2D eigenvalue weighted by molar-refractivity contribution is -0.111. The van der Waals surface area contributed by atoms with E-state index >= 15 is 0 Å². The molecule has 0 radical (unpaired) electrons. The number of hydrogen-bond acceptors (Lipinski definition) is 3. The molecule has 0 spiro atoms. The van der Waals surface area contributed by atoms with E-state index in [2.05, 4.69) is 46.9 Å². The van der Waals surface area contributed by atoms with Crippen LogP contribution in [0.4, 0.5) is 5.69 Å². The van der Waals surface area contributed by atoms with E-state index in [1.165, 1.54) is 17.2 Å². The van der Waals surface area contributed by atoms with Gasteiger partial charge in [-0.25, -0.2) is 0 Å². The van der Waals surface area contributed by atoms with Crippen LogP contribution in [0.2, 0.25) is 0 Å². The molecule has 31 heavy (non-hydrogen) atoms. The van der Waals surface area contributed by atoms with Crippen molar-refractivity contribution >= 4 is 23.6 Å². The van der Waals surface area contributed by atoms with Crippen molar-refractivity contribution in [1.82, 2.24) is 15.1 Å². The van der Waals surface area contributed by atoms with Gasteiger partial charge in [-0.15, -0.1) is 0 Å². The maximum Gasteiger partial charge on any atom is 0.251 e. The fourth-order valence-corrected chi connectivity index (χ4v) is 3.28. The monoisotopic (exact) mass is 416 g/mol. The number of hydrogen-bond donors (Lipinski definition) is 2. The number of rotatable bonds is 7. The van der Waals surface area contributed by atoms with E-state index in [-0.39, 0.29) is 11.8 Å². The van der Waals surface area contributed by atoms with Gasteiger partial charge >= 0.3 is 0 Å². The molecule has 2 amide bonds. The van der Waals surface area contributed by atoms with Crippen LogP contribution in [-0.2, 0) is 11.3 Å². The summed E-state index contributed by atoms with van der Waals surface area (Å²) in [6.45, 7) is 9.14. The average Bonchev–Trinajstić information content (AvgIpc) is 3.01. The van der Waals surface area contributed by atoms with E-state index in [0.717, 1.165) is 17.0 Å². The molecule has 2 aromatic carbocycles. The third kappa shape index (κ3) is 5.69. The lowest BCUT2D eigenvalue weighted by Crippen LogP contribution is -2.22. The Morgan fingerprint density at radius 3 is 2.32 bits per heavy atom. The number of carbonyl (C=O) groups is 2. The van der Waals surface area contributed by atoms with E-state index < -0.39 is 0 Å². The molecule has 6 heteroatoms. The standard InChI is InChI=1S/C25H28N4O2/c1-5-26-25(31)21-10-12-22(13-11-21)27-24(30)15-14-23-18(3)28-29(19(23)4)16-20-8-6-17(2)7-9-20/h6-15H,5,16H2,1-4H3,(H,26,31)(H,27,30)/b15-14+. The van der Waals surface area contributed by atoms with Gasteiger partial charge in [0.15, 0.2) is 0 Å². The molecule has 0 saturated carbocycles. The highest BCUT2D eigenvalue weighted by Gasteiger charge is 2.10. The summed E-state index contributed by atoms with van der Waals surface area (Å²) in [5, 5.41) is 10.2. The molecule has 3 aromatic rings. The van der Waals surface area contributed by atoms with Crippen LogP contribution in [0.1, 0.15) is 45.4 Å². The van der Waals surface area contributed by atoms with Crippen molar-refractivity contribution in [3.63, 3.8) is 0 Å². The van der Waals surface area contributed by atoms with E-state index in [0.29, 0.717) is 24.3 Å². The van der Waals surface area contributed by atoms with Gasteiger partial charge in [0, 0.05) is 35.1 Å². The molecule has 0 aliphatic carbocycles. The van der Waals surface area contributed by atoms with Crippen LogP contribution in [0.15, 0.2) is 54.6 Å². The Hall–Kier alpha value is -3.67. The number of aryl methyl sites for hydroxylation is 2. The van der Waals surface area contributed by atoms with Gasteiger partial charge in [0.25, 0.3) is 5.91 Å². The quantitative estimate of drug-likeness (QED) is 0.565. The van der Waals surface area contributed by atoms with Gasteiger partial charge in [-0.05, 0) is 63.6 Å². The summed E-state index contributed by atoms with van der Waals surface area (Å²) >= 11 is 0. The molecule has 0 aliphatic heterocycles. The minimum atomic E-state index is -0.240. The minimum Gasteiger partial charge on any atom is -0.352 e. The molecule has 160 valence electrons. The summed E-state index contributed by atoms with van der Waals surface area (Å²) in [6, 6.07) is 15.2. The number of nitrogens with zero attached hydrogens (tertiary/aromatic N) is 2. The molecule has 3 rings (SSSR count). The van der Waals surface area contributed by atoms with Crippen LogP contribution in [0, 0.1) is 20.8 Å². The molecule has 0 atom stereocenters. The van der Waals surface area contributed by atoms with Crippen LogP contribution < -0.4 is 10.6 Å². The number of nitrogens with one attached hydrogen (secondary N) is 2. The van der Waals surface area contributed by atoms with E-state index in [1.54, 1.807) is 30.3 Å². The lowest BCUT2D eigenvalue weighted by atomic mass is 10.1. The maximum absolute atomic E-state index is 12.4. The Morgan fingerprint density at radius 2 is 1.68 bits per heavy atom. The van der Waals surface area contributed by atoms with Crippen molar-refractivity contribution in [3.8, 4) is 0 Å². The lowest BCUT2D eigenvalue weighted by Gasteiger charge is -2.06. The summed E-state index contributed by atoms with van der Waals surface area (Å²) < 4.78 is 1.96. The third-order valence-electron chi connectivity index (χ3n) is 5.04. The highest BCUT2D eigenvalue weighted by molar-refractivity contribution is 6.02. The Kier molecular flexibility index (Phi) is 7.03. The minimum absolute atomic E-state index is 0.131. The number of carbonyl (C=O) groups excluding carboxylic acids is 2. The van der Waals surface area contributed by atoms with Gasteiger partial charge in [0.1, 0.15) is 0 Å². The first kappa shape index (κ1) is 22.0. The SMILES string of the molecule is CCNC(=O)c1ccc(NC(=O)/C=C/c2c(C)nn(Cc3ccc(C)cc3)c2C)cc1. The highest BCUT2D eigenvalue weighted by atomic mass is 16.2. The number of aromatic nitrogens is 2. The largest absolute Gasteiger partial charge is 0.352 e. The second-order valence-corrected chi connectivity index (χ2v) is 7.49. The van der Waals surface area contributed by atoms with Gasteiger partial charge in [-0.1, -0.05) is 29.8 Å². The second-order valence-electron chi connectivity index (χ2n) is 7.49. The molecule has 0 aliphatic rings. The van der Waals surface area contributed by atoms with E-state index in [1.807, 2.05) is 25.5 Å². The molecule has 1 heterocycles. The number of amides is 2. The van der Waals surface area contributed by atoms with E-state index in [4.69, 9.17) is 0 Å². The molecule has 0 fully saturated rings. The Labute approximate surface area is 183 Å². The number of benzene rings is 2. The predicted molar refractivity (Wildman–Crippen MR) is 124 cm³/mol. The molecule has 0 unspecified atom stereocenters. The van der Waals surface area contributed by atoms with Crippen LogP contribution in [-0.4, -0.2) is 28.1 Å². The van der Waals surface area contributed by atoms with Gasteiger partial charge in [-0.3, -0.25) is 14.3 Å². The average molecular weight is 417 g/mol. The topological polar surface area (TPSA) is 76.0 Å². The fraction of sp³-hybridized carbons (Fsp3) is 0.240. The Bertz CT molecular complexity index is 1090. The van der Waals surface area contributed by atoms with Crippen molar-refractivity contribution in [2.75, 3.05) is 11.9 Å². The zero-order valence-electron chi connectivity index (χ0n) is 18.4. The molecular formula is C25H28N4O2. The molecular weight excluding hydrogens is 388 g/mol. The summed E-state index contributed by atoms with van der Waals surface area (Å²) in [5.41, 5.74) is 6.42. The Morgan fingerprint density at radius 1 is 1.00 bits per heavy atom. The summed E-state index contributed by atoms with van der Waals surface area (Å²) in [6.07, 6.45) is 3.30. The first-order valence-corrected chi connectivity index (χ1v) is 10.3. The first-order valence-electron chi connectivity index (χ1n) is 10.3. The van der Waals surface area contributed by atoms with Crippen molar-refractivity contribution in [2.24, 2.45) is 0 Å². The van der Waals surface area contributed by atoms with Crippen LogP contribution in [0.25, 0.3) is 6.08 Å². The van der Waals surface area contributed by atoms with Crippen molar-refractivity contribution < 1.29 is 9.59 Å². The third-order valence-corrected chi connectivity index (χ3v) is 5.04. The first-order chi connectivity index (χ1) is 14.9. The maximum atomic E-state index is 12.4. The van der Waals surface area contributed by atoms with Gasteiger partial charge in [0.05, 0.1) is 12.2 Å². The van der Waals surface area contributed by atoms with Gasteiger partial charge in [0.2, 0.25) is 5.91 Å². The van der Waals surface area contributed by atoms with Crippen LogP contribution in [0.5, 0.6) is 0 Å². The summed E-state index contributed by atoms with van der Waals surface area (Å²) in [5.74, 6) is -0.371. The Balaban J connectivity index is 1.66. The normalized spacial score (nSPS) is 11.0. The zero-order valence-corrected chi connectivity index (χ0v) is 18.4. The fourth-order valence-electron chi connectivity index (χ4n) is 3.28. The summed E-state index contributed by atoms with van der Waals surface area (Å²) in [4.78, 5) is 24.2. The van der Waals surface area contributed by atoms with Crippen molar-refractivity contribution in [1.29, 1.82) is 0 Å². The van der Waals surface area contributed by atoms with Gasteiger partial charge in [-0.2, -0.15) is 5.10 Å². The van der Waals surface area contributed by atoms with Crippen LogP contribution in [0.3, 0.4) is 0 Å². The molecule has 2 N–H and O–H groups in total. The molecule has 6 nitrogen and oxygen atoms in total. The molecule has 1 aromatic heterocycles. The van der Waals surface area contributed by atoms with Crippen LogP contribution >= 0.6 is 0 Å². The zero-order chi connectivity index (χ0) is 22.4. The summed E-state index contributed by atoms with van der Waals surface area (Å²) in [7, 11) is 0. The molecule has 0 saturated heterocycles. The van der Waals surface area contributed by atoms with Crippen molar-refractivity contribution in [3.05, 3.63) is 88.2 Å². The second kappa shape index (κ2) is 9.89. The van der Waals surface area contributed by atoms with Gasteiger partial charge < -0.3 is 10.6 Å². The smallest absolute Gasteiger partial charge is 0.251 e.